The van der Waals surface area contributed by atoms with E-state index >= 15 is 0 Å². The quantitative estimate of drug-likeness (QED) is 0.175. The molecule has 2 atom stereocenters. The second kappa shape index (κ2) is 16.2. The van der Waals surface area contributed by atoms with Gasteiger partial charge in [-0.15, -0.1) is 0 Å². The Labute approximate surface area is 264 Å². The van der Waals surface area contributed by atoms with E-state index in [9.17, 15) is 4.79 Å². The average Bonchev–Trinajstić information content (AvgIpc) is 3.49. The molecule has 10 nitrogen and oxygen atoms in total. The summed E-state index contributed by atoms with van der Waals surface area (Å²) in [4.78, 5) is 21.6. The lowest BCUT2D eigenvalue weighted by Gasteiger charge is -2.30. The third-order valence-electron chi connectivity index (χ3n) is 7.82. The zero-order valence-electron chi connectivity index (χ0n) is 25.7. The van der Waals surface area contributed by atoms with E-state index < -0.39 is 11.6 Å². The molecule has 0 unspecified atom stereocenters. The van der Waals surface area contributed by atoms with Crippen LogP contribution in [0, 0.1) is 0 Å². The molecule has 0 bridgehead atoms. The molecule has 3 aromatic rings. The van der Waals surface area contributed by atoms with Crippen LogP contribution in [0.2, 0.25) is 0 Å². The molecule has 1 fully saturated rings. The maximum Gasteiger partial charge on any atom is 0.266 e. The Morgan fingerprint density at radius 1 is 1.07 bits per heavy atom. The number of benzene rings is 3. The molecular formula is C35H42N4O6. The molecule has 45 heavy (non-hydrogen) atoms. The van der Waals surface area contributed by atoms with Gasteiger partial charge in [-0.3, -0.25) is 15.1 Å². The SMILES string of the molecule is COc1cccc([C@@H]2OC(c3ccc(OCCCO)cc3)=N[C@]2(C/C=C/c2ccccc2)C(=O)NNCCN2CCOCC2)c1. The van der Waals surface area contributed by atoms with Crippen molar-refractivity contribution in [3.05, 3.63) is 102 Å². The van der Waals surface area contributed by atoms with Crippen molar-refractivity contribution in [1.29, 1.82) is 0 Å². The summed E-state index contributed by atoms with van der Waals surface area (Å²) in [6, 6.07) is 24.9. The minimum absolute atomic E-state index is 0.0688. The van der Waals surface area contributed by atoms with Crippen LogP contribution in [0.3, 0.4) is 0 Å². The fourth-order valence-corrected chi connectivity index (χ4v) is 5.35. The van der Waals surface area contributed by atoms with Crippen molar-refractivity contribution < 1.29 is 28.8 Å². The van der Waals surface area contributed by atoms with Gasteiger partial charge in [-0.2, -0.15) is 0 Å². The summed E-state index contributed by atoms with van der Waals surface area (Å²) in [7, 11) is 1.61. The highest BCUT2D eigenvalue weighted by Gasteiger charge is 2.52. The van der Waals surface area contributed by atoms with Gasteiger partial charge in [-0.25, -0.2) is 10.4 Å². The van der Waals surface area contributed by atoms with Gasteiger partial charge in [0.25, 0.3) is 5.91 Å². The Morgan fingerprint density at radius 2 is 1.87 bits per heavy atom. The summed E-state index contributed by atoms with van der Waals surface area (Å²) in [6.07, 6.45) is 4.07. The number of nitrogens with one attached hydrogen (secondary N) is 2. The fraction of sp³-hybridized carbons (Fsp3) is 0.371. The first-order valence-corrected chi connectivity index (χ1v) is 15.4. The van der Waals surface area contributed by atoms with E-state index in [2.05, 4.69) is 15.8 Å². The second-order valence-corrected chi connectivity index (χ2v) is 10.9. The van der Waals surface area contributed by atoms with Crippen molar-refractivity contribution in [3.63, 3.8) is 0 Å². The predicted octanol–water partition coefficient (Wildman–Crippen LogP) is 3.77. The molecule has 0 spiro atoms. The number of hydrogen-bond donors (Lipinski definition) is 3. The number of morpholine rings is 1. The third-order valence-corrected chi connectivity index (χ3v) is 7.82. The second-order valence-electron chi connectivity index (χ2n) is 10.9. The maximum absolute atomic E-state index is 14.3. The molecule has 0 aromatic heterocycles. The van der Waals surface area contributed by atoms with Gasteiger partial charge in [0.15, 0.2) is 11.6 Å². The Morgan fingerprint density at radius 3 is 2.62 bits per heavy atom. The van der Waals surface area contributed by atoms with E-state index in [1.165, 1.54) is 0 Å². The van der Waals surface area contributed by atoms with Crippen molar-refractivity contribution in [1.82, 2.24) is 15.8 Å². The van der Waals surface area contributed by atoms with E-state index in [1.54, 1.807) is 7.11 Å². The van der Waals surface area contributed by atoms with Gasteiger partial charge in [-0.05, 0) is 47.5 Å². The molecule has 238 valence electrons. The van der Waals surface area contributed by atoms with Crippen LogP contribution in [0.5, 0.6) is 11.5 Å². The third kappa shape index (κ3) is 8.49. The Hall–Kier alpha value is -4.22. The lowest BCUT2D eigenvalue weighted by atomic mass is 9.84. The van der Waals surface area contributed by atoms with Crippen LogP contribution in [0.4, 0.5) is 0 Å². The number of aliphatic hydroxyl groups is 1. The first-order valence-electron chi connectivity index (χ1n) is 15.4. The molecule has 3 aromatic carbocycles. The standard InChI is InChI=1S/C35H42N4O6/c1-42-31-12-5-11-29(26-31)32-35(17-6-10-27-8-3-2-4-9-27,34(41)38-36-18-19-39-20-24-43-25-21-39)37-33(45-32)28-13-15-30(16-14-28)44-23-7-22-40/h2-6,8-16,26,32,36,40H,7,17-25H2,1H3,(H,38,41)/b10-6+/t32-,35-/m0/s1. The number of carbonyl (C=O) groups is 1. The minimum Gasteiger partial charge on any atom is -0.497 e. The van der Waals surface area contributed by atoms with E-state index in [4.69, 9.17) is 29.0 Å². The van der Waals surface area contributed by atoms with Crippen LogP contribution in [-0.4, -0.2) is 87.1 Å². The molecule has 10 heteroatoms. The van der Waals surface area contributed by atoms with Gasteiger partial charge < -0.3 is 24.1 Å². The maximum atomic E-state index is 14.3. The van der Waals surface area contributed by atoms with E-state index in [0.717, 1.165) is 49.5 Å². The summed E-state index contributed by atoms with van der Waals surface area (Å²) in [5.41, 5.74) is 7.28. The van der Waals surface area contributed by atoms with Crippen LogP contribution in [-0.2, 0) is 14.3 Å². The Kier molecular flexibility index (Phi) is 11.6. The number of ether oxygens (including phenoxy) is 4. The summed E-state index contributed by atoms with van der Waals surface area (Å²) in [6.45, 7) is 5.01. The average molecular weight is 615 g/mol. The molecule has 2 heterocycles. The summed E-state index contributed by atoms with van der Waals surface area (Å²) < 4.78 is 23.3. The number of carbonyl (C=O) groups excluding carboxylic acids is 1. The van der Waals surface area contributed by atoms with E-state index in [0.29, 0.717) is 37.0 Å². The molecular weight excluding hydrogens is 572 g/mol. The minimum atomic E-state index is -1.32. The van der Waals surface area contributed by atoms with Crippen molar-refractivity contribution in [2.75, 3.05) is 59.7 Å². The molecule has 5 rings (SSSR count). The van der Waals surface area contributed by atoms with Crippen molar-refractivity contribution in [2.45, 2.75) is 24.5 Å². The zero-order valence-corrected chi connectivity index (χ0v) is 25.7. The highest BCUT2D eigenvalue weighted by atomic mass is 16.5. The van der Waals surface area contributed by atoms with Gasteiger partial charge in [-0.1, -0.05) is 54.6 Å². The molecule has 0 aliphatic carbocycles. The van der Waals surface area contributed by atoms with Gasteiger partial charge in [0.1, 0.15) is 11.5 Å². The number of amides is 1. The van der Waals surface area contributed by atoms with Crippen molar-refractivity contribution in [2.24, 2.45) is 4.99 Å². The first kappa shape index (κ1) is 32.2. The first-order chi connectivity index (χ1) is 22.1. The molecule has 3 N–H and O–H groups in total. The fourth-order valence-electron chi connectivity index (χ4n) is 5.35. The van der Waals surface area contributed by atoms with Gasteiger partial charge in [0.05, 0.1) is 26.9 Å². The lowest BCUT2D eigenvalue weighted by molar-refractivity contribution is -0.129. The molecule has 2 aliphatic heterocycles. The predicted molar refractivity (Wildman–Crippen MR) is 173 cm³/mol. The van der Waals surface area contributed by atoms with Crippen LogP contribution in [0.15, 0.2) is 89.9 Å². The number of aliphatic imine (C=N–C) groups is 1. The molecule has 2 aliphatic rings. The summed E-state index contributed by atoms with van der Waals surface area (Å²) in [5, 5.41) is 9.06. The van der Waals surface area contributed by atoms with E-state index in [1.807, 2.05) is 91.0 Å². The highest BCUT2D eigenvalue weighted by Crippen LogP contribution is 2.43. The number of nitrogens with zero attached hydrogens (tertiary/aromatic N) is 2. The van der Waals surface area contributed by atoms with Crippen LogP contribution >= 0.6 is 0 Å². The van der Waals surface area contributed by atoms with Crippen LogP contribution in [0.1, 0.15) is 35.6 Å². The Balaban J connectivity index is 1.45. The molecule has 0 saturated carbocycles. The zero-order chi connectivity index (χ0) is 31.3. The molecule has 1 amide bonds. The topological polar surface area (TPSA) is 114 Å². The van der Waals surface area contributed by atoms with Crippen LogP contribution in [0.25, 0.3) is 6.08 Å². The number of hydrogen-bond acceptors (Lipinski definition) is 9. The summed E-state index contributed by atoms with van der Waals surface area (Å²) in [5.74, 6) is 1.40. The highest BCUT2D eigenvalue weighted by molar-refractivity contribution is 6.01. The largest absolute Gasteiger partial charge is 0.497 e. The smallest absolute Gasteiger partial charge is 0.266 e. The monoisotopic (exact) mass is 614 g/mol. The van der Waals surface area contributed by atoms with Gasteiger partial charge in [0.2, 0.25) is 5.90 Å². The van der Waals surface area contributed by atoms with Gasteiger partial charge in [0, 0.05) is 51.2 Å². The van der Waals surface area contributed by atoms with Crippen molar-refractivity contribution in [3.8, 4) is 11.5 Å². The number of rotatable bonds is 15. The number of hydrazine groups is 1. The molecule has 1 saturated heterocycles. The normalized spacial score (nSPS) is 20.0. The summed E-state index contributed by atoms with van der Waals surface area (Å²) >= 11 is 0. The van der Waals surface area contributed by atoms with Crippen molar-refractivity contribution >= 4 is 17.9 Å². The van der Waals surface area contributed by atoms with Crippen LogP contribution < -0.4 is 20.3 Å². The number of methoxy groups -OCH3 is 1. The van der Waals surface area contributed by atoms with E-state index in [-0.39, 0.29) is 18.9 Å². The molecule has 0 radical (unpaired) electrons. The lowest BCUT2D eigenvalue weighted by Crippen LogP contribution is -2.53. The van der Waals surface area contributed by atoms with Gasteiger partial charge >= 0.3 is 0 Å². The number of aliphatic hydroxyl groups excluding tert-OH is 1. The Bertz CT molecular complexity index is 1430.